The molecule has 0 fully saturated rings. The summed E-state index contributed by atoms with van der Waals surface area (Å²) in [6.45, 7) is 4.51. The Labute approximate surface area is 94.4 Å². The van der Waals surface area contributed by atoms with Gasteiger partial charge in [0.1, 0.15) is 0 Å². The molecule has 1 unspecified atom stereocenters. The molecule has 0 aromatic heterocycles. The molecule has 15 heavy (non-hydrogen) atoms. The molecule has 0 aliphatic rings. The molecule has 1 nitrogen and oxygen atoms in total. The summed E-state index contributed by atoms with van der Waals surface area (Å²) in [4.78, 5) is 0. The summed E-state index contributed by atoms with van der Waals surface area (Å²) in [6, 6.07) is 0.125. The molecular formula is C10H19ClF3N. The number of hydrogen-bond donors (Lipinski definition) is 1. The molecule has 0 aromatic rings. The first kappa shape index (κ1) is 15.0. The lowest BCUT2D eigenvalue weighted by atomic mass is 10.1. The quantitative estimate of drug-likeness (QED) is 0.534. The van der Waals surface area contributed by atoms with Crippen LogP contribution in [-0.4, -0.2) is 24.6 Å². The minimum Gasteiger partial charge on any atom is -0.313 e. The highest BCUT2D eigenvalue weighted by molar-refractivity contribution is 6.18. The van der Waals surface area contributed by atoms with Crippen molar-refractivity contribution in [2.75, 3.05) is 12.4 Å². The number of hydrogen-bond acceptors (Lipinski definition) is 1. The first-order chi connectivity index (χ1) is 6.85. The van der Waals surface area contributed by atoms with Crippen LogP contribution in [0.15, 0.2) is 0 Å². The fraction of sp³-hybridized carbons (Fsp3) is 1.00. The van der Waals surface area contributed by atoms with Crippen LogP contribution >= 0.6 is 11.6 Å². The van der Waals surface area contributed by atoms with E-state index in [9.17, 15) is 13.2 Å². The van der Waals surface area contributed by atoms with Crippen LogP contribution in [0.5, 0.6) is 0 Å². The predicted octanol–water partition coefficient (Wildman–Crippen LogP) is 3.57. The molecule has 0 radical (unpaired) electrons. The third-order valence-electron chi connectivity index (χ3n) is 2.01. The van der Waals surface area contributed by atoms with Gasteiger partial charge < -0.3 is 5.32 Å². The SMILES string of the molecule is CC(C)CC(CCl)NCCCC(F)(F)F. The zero-order valence-electron chi connectivity index (χ0n) is 9.20. The van der Waals surface area contributed by atoms with Crippen LogP contribution in [-0.2, 0) is 0 Å². The first-order valence-electron chi connectivity index (χ1n) is 5.21. The van der Waals surface area contributed by atoms with Crippen molar-refractivity contribution in [3.63, 3.8) is 0 Å². The molecule has 0 aliphatic carbocycles. The predicted molar refractivity (Wildman–Crippen MR) is 57.3 cm³/mol. The Morgan fingerprint density at radius 3 is 2.27 bits per heavy atom. The summed E-state index contributed by atoms with van der Waals surface area (Å²) in [6.07, 6.45) is -3.75. The van der Waals surface area contributed by atoms with Gasteiger partial charge in [0, 0.05) is 18.3 Å². The van der Waals surface area contributed by atoms with Gasteiger partial charge in [-0.3, -0.25) is 0 Å². The van der Waals surface area contributed by atoms with Crippen molar-refractivity contribution in [3.05, 3.63) is 0 Å². The molecule has 0 amide bonds. The molecule has 0 heterocycles. The van der Waals surface area contributed by atoms with Crippen molar-refractivity contribution < 1.29 is 13.2 Å². The van der Waals surface area contributed by atoms with Gasteiger partial charge in [0.15, 0.2) is 0 Å². The standard InChI is InChI=1S/C10H19ClF3N/c1-8(2)6-9(7-11)15-5-3-4-10(12,13)14/h8-9,15H,3-7H2,1-2H3. The summed E-state index contributed by atoms with van der Waals surface area (Å²) < 4.78 is 35.5. The van der Waals surface area contributed by atoms with Gasteiger partial charge in [-0.15, -0.1) is 11.6 Å². The molecule has 5 heteroatoms. The smallest absolute Gasteiger partial charge is 0.313 e. The number of rotatable bonds is 7. The van der Waals surface area contributed by atoms with E-state index in [0.29, 0.717) is 18.3 Å². The molecule has 0 aromatic carbocycles. The second-order valence-electron chi connectivity index (χ2n) is 4.15. The van der Waals surface area contributed by atoms with Gasteiger partial charge in [-0.25, -0.2) is 0 Å². The second-order valence-corrected chi connectivity index (χ2v) is 4.46. The van der Waals surface area contributed by atoms with Crippen molar-refractivity contribution in [2.24, 2.45) is 5.92 Å². The Hall–Kier alpha value is 0.0400. The Morgan fingerprint density at radius 1 is 1.27 bits per heavy atom. The summed E-state index contributed by atoms with van der Waals surface area (Å²) in [5, 5.41) is 3.04. The third-order valence-corrected chi connectivity index (χ3v) is 2.38. The van der Waals surface area contributed by atoms with Gasteiger partial charge in [0.2, 0.25) is 0 Å². The largest absolute Gasteiger partial charge is 0.389 e. The zero-order valence-corrected chi connectivity index (χ0v) is 9.96. The number of nitrogens with one attached hydrogen (secondary N) is 1. The highest BCUT2D eigenvalue weighted by Crippen LogP contribution is 2.20. The van der Waals surface area contributed by atoms with E-state index in [4.69, 9.17) is 11.6 Å². The lowest BCUT2D eigenvalue weighted by Crippen LogP contribution is -2.33. The van der Waals surface area contributed by atoms with E-state index in [2.05, 4.69) is 19.2 Å². The topological polar surface area (TPSA) is 12.0 Å². The molecule has 0 saturated carbocycles. The summed E-state index contributed by atoms with van der Waals surface area (Å²) in [5.41, 5.74) is 0. The Balaban J connectivity index is 3.55. The van der Waals surface area contributed by atoms with Gasteiger partial charge in [-0.05, 0) is 25.3 Å². The van der Waals surface area contributed by atoms with Gasteiger partial charge in [0.05, 0.1) is 0 Å². The van der Waals surface area contributed by atoms with E-state index >= 15 is 0 Å². The van der Waals surface area contributed by atoms with Crippen LogP contribution < -0.4 is 5.32 Å². The van der Waals surface area contributed by atoms with E-state index in [0.717, 1.165) is 6.42 Å². The van der Waals surface area contributed by atoms with Crippen molar-refractivity contribution in [3.8, 4) is 0 Å². The molecule has 0 saturated heterocycles. The van der Waals surface area contributed by atoms with E-state index in [1.807, 2.05) is 0 Å². The van der Waals surface area contributed by atoms with Gasteiger partial charge >= 0.3 is 6.18 Å². The third kappa shape index (κ3) is 10.3. The highest BCUT2D eigenvalue weighted by atomic mass is 35.5. The van der Waals surface area contributed by atoms with Crippen molar-refractivity contribution in [1.82, 2.24) is 5.32 Å². The molecule has 1 N–H and O–H groups in total. The van der Waals surface area contributed by atoms with Crippen LogP contribution in [0.4, 0.5) is 13.2 Å². The van der Waals surface area contributed by atoms with Gasteiger partial charge in [-0.2, -0.15) is 13.2 Å². The first-order valence-corrected chi connectivity index (χ1v) is 5.74. The maximum Gasteiger partial charge on any atom is 0.389 e. The van der Waals surface area contributed by atoms with E-state index < -0.39 is 12.6 Å². The molecular weight excluding hydrogens is 227 g/mol. The Morgan fingerprint density at radius 2 is 1.87 bits per heavy atom. The average molecular weight is 246 g/mol. The minimum atomic E-state index is -4.05. The molecule has 0 bridgehead atoms. The zero-order chi connectivity index (χ0) is 11.9. The molecule has 1 atom stereocenters. The molecule has 92 valence electrons. The summed E-state index contributed by atoms with van der Waals surface area (Å²) in [5.74, 6) is 0.952. The fourth-order valence-electron chi connectivity index (χ4n) is 1.36. The van der Waals surface area contributed by atoms with E-state index in [-0.39, 0.29) is 12.5 Å². The van der Waals surface area contributed by atoms with Crippen molar-refractivity contribution >= 4 is 11.6 Å². The van der Waals surface area contributed by atoms with E-state index in [1.165, 1.54) is 0 Å². The van der Waals surface area contributed by atoms with Crippen molar-refractivity contribution in [1.29, 1.82) is 0 Å². The maximum absolute atomic E-state index is 11.8. The van der Waals surface area contributed by atoms with Gasteiger partial charge in [0.25, 0.3) is 0 Å². The Kier molecular flexibility index (Phi) is 7.36. The number of alkyl halides is 4. The van der Waals surface area contributed by atoms with E-state index in [1.54, 1.807) is 0 Å². The monoisotopic (exact) mass is 245 g/mol. The average Bonchev–Trinajstić information content (AvgIpc) is 2.08. The molecule has 0 spiro atoms. The summed E-state index contributed by atoms with van der Waals surface area (Å²) >= 11 is 5.70. The van der Waals surface area contributed by atoms with Crippen LogP contribution in [0.1, 0.15) is 33.1 Å². The summed E-state index contributed by atoms with van der Waals surface area (Å²) in [7, 11) is 0. The highest BCUT2D eigenvalue weighted by Gasteiger charge is 2.25. The van der Waals surface area contributed by atoms with Crippen molar-refractivity contribution in [2.45, 2.75) is 45.3 Å². The van der Waals surface area contributed by atoms with Crippen LogP contribution in [0.25, 0.3) is 0 Å². The number of halogens is 4. The fourth-order valence-corrected chi connectivity index (χ4v) is 1.60. The Bertz CT molecular complexity index is 159. The molecule has 0 rings (SSSR count). The van der Waals surface area contributed by atoms with Crippen LogP contribution in [0, 0.1) is 5.92 Å². The lowest BCUT2D eigenvalue weighted by Gasteiger charge is -2.18. The normalized spacial score (nSPS) is 14.6. The minimum absolute atomic E-state index is 0.120. The molecule has 0 aliphatic heterocycles. The lowest BCUT2D eigenvalue weighted by molar-refractivity contribution is -0.135. The van der Waals surface area contributed by atoms with Crippen LogP contribution in [0.2, 0.25) is 0 Å². The maximum atomic E-state index is 11.8. The van der Waals surface area contributed by atoms with Crippen LogP contribution in [0.3, 0.4) is 0 Å². The second kappa shape index (κ2) is 7.34. The van der Waals surface area contributed by atoms with Gasteiger partial charge in [-0.1, -0.05) is 13.8 Å².